The molecule has 30 heavy (non-hydrogen) atoms. The van der Waals surface area contributed by atoms with Gasteiger partial charge in [0.1, 0.15) is 0 Å². The summed E-state index contributed by atoms with van der Waals surface area (Å²) >= 11 is 0. The fourth-order valence-corrected chi connectivity index (χ4v) is 4.34. The molecule has 0 amide bonds. The molecule has 4 rings (SSSR count). The van der Waals surface area contributed by atoms with E-state index < -0.39 is 0 Å². The molecule has 1 saturated heterocycles. The molecule has 5 heteroatoms. The van der Waals surface area contributed by atoms with Crippen LogP contribution in [0.1, 0.15) is 17.5 Å². The summed E-state index contributed by atoms with van der Waals surface area (Å²) in [6.07, 6.45) is 1.18. The van der Waals surface area contributed by atoms with Crippen molar-refractivity contribution < 1.29 is 14.2 Å². The SMILES string of the molecule is COC[C@H]1CCN(Cc2cc3ccc(C)cc3nc2-c2ccc(OC)c(OC)c2)C1. The number of likely N-dealkylation sites (tertiary alicyclic amines) is 1. The van der Waals surface area contributed by atoms with E-state index in [0.717, 1.165) is 48.8 Å². The summed E-state index contributed by atoms with van der Waals surface area (Å²) in [7, 11) is 5.11. The molecule has 1 fully saturated rings. The Hall–Kier alpha value is -2.63. The largest absolute Gasteiger partial charge is 0.493 e. The smallest absolute Gasteiger partial charge is 0.161 e. The maximum absolute atomic E-state index is 5.54. The third kappa shape index (κ3) is 4.27. The maximum Gasteiger partial charge on any atom is 0.161 e. The molecule has 2 heterocycles. The predicted octanol–water partition coefficient (Wildman–Crippen LogP) is 4.70. The molecular weight excluding hydrogens is 376 g/mol. The number of rotatable bonds is 7. The van der Waals surface area contributed by atoms with Gasteiger partial charge in [0.2, 0.25) is 0 Å². The maximum atomic E-state index is 5.54. The monoisotopic (exact) mass is 406 g/mol. The van der Waals surface area contributed by atoms with Crippen LogP contribution in [0, 0.1) is 12.8 Å². The Morgan fingerprint density at radius 2 is 1.83 bits per heavy atom. The molecule has 0 unspecified atom stereocenters. The Kier molecular flexibility index (Phi) is 6.21. The van der Waals surface area contributed by atoms with Gasteiger partial charge in [0.15, 0.2) is 11.5 Å². The van der Waals surface area contributed by atoms with Crippen molar-refractivity contribution in [2.45, 2.75) is 19.9 Å². The zero-order valence-electron chi connectivity index (χ0n) is 18.3. The Balaban J connectivity index is 1.75. The van der Waals surface area contributed by atoms with Gasteiger partial charge in [0, 0.05) is 31.1 Å². The van der Waals surface area contributed by atoms with Crippen molar-refractivity contribution in [2.24, 2.45) is 5.92 Å². The van der Waals surface area contributed by atoms with E-state index in [1.807, 2.05) is 12.1 Å². The molecule has 1 aromatic heterocycles. The van der Waals surface area contributed by atoms with Gasteiger partial charge in [-0.1, -0.05) is 12.1 Å². The first kappa shape index (κ1) is 20.6. The summed E-state index contributed by atoms with van der Waals surface area (Å²) < 4.78 is 16.3. The molecule has 0 bridgehead atoms. The second-order valence-electron chi connectivity index (χ2n) is 8.11. The van der Waals surface area contributed by atoms with Crippen LogP contribution in [0.25, 0.3) is 22.2 Å². The van der Waals surface area contributed by atoms with Gasteiger partial charge in [-0.3, -0.25) is 4.90 Å². The molecule has 3 aromatic rings. The number of pyridine rings is 1. The van der Waals surface area contributed by atoms with Crippen molar-refractivity contribution in [3.8, 4) is 22.8 Å². The number of benzene rings is 2. The summed E-state index contributed by atoms with van der Waals surface area (Å²) in [5.41, 5.74) is 5.50. The van der Waals surface area contributed by atoms with E-state index in [0.29, 0.717) is 11.7 Å². The van der Waals surface area contributed by atoms with Crippen LogP contribution >= 0.6 is 0 Å². The highest BCUT2D eigenvalue weighted by Gasteiger charge is 2.24. The minimum atomic E-state index is 0.607. The van der Waals surface area contributed by atoms with Gasteiger partial charge in [-0.25, -0.2) is 4.98 Å². The van der Waals surface area contributed by atoms with Gasteiger partial charge in [-0.2, -0.15) is 0 Å². The summed E-state index contributed by atoms with van der Waals surface area (Å²) in [6, 6.07) is 14.8. The van der Waals surface area contributed by atoms with Crippen molar-refractivity contribution >= 4 is 10.9 Å². The highest BCUT2D eigenvalue weighted by Crippen LogP contribution is 2.35. The van der Waals surface area contributed by atoms with E-state index in [2.05, 4.69) is 42.2 Å². The number of aromatic nitrogens is 1. The Labute approximate surface area is 178 Å². The third-order valence-corrected chi connectivity index (χ3v) is 5.88. The fourth-order valence-electron chi connectivity index (χ4n) is 4.34. The number of fused-ring (bicyclic) bond motifs is 1. The van der Waals surface area contributed by atoms with Gasteiger partial charge in [0.05, 0.1) is 32.0 Å². The van der Waals surface area contributed by atoms with Crippen molar-refractivity contribution in [3.63, 3.8) is 0 Å². The van der Waals surface area contributed by atoms with Crippen LogP contribution in [0.15, 0.2) is 42.5 Å². The minimum absolute atomic E-state index is 0.607. The lowest BCUT2D eigenvalue weighted by Gasteiger charge is -2.19. The zero-order chi connectivity index (χ0) is 21.1. The minimum Gasteiger partial charge on any atom is -0.493 e. The second kappa shape index (κ2) is 9.02. The standard InChI is InChI=1S/C25H30N2O3/c1-17-5-6-19-12-21(15-27-10-9-18(14-27)16-28-2)25(26-22(19)11-17)20-7-8-23(29-3)24(13-20)30-4/h5-8,11-13,18H,9-10,14-16H2,1-4H3/t18-/m0/s1. The predicted molar refractivity (Wildman–Crippen MR) is 120 cm³/mol. The van der Waals surface area contributed by atoms with Gasteiger partial charge >= 0.3 is 0 Å². The summed E-state index contributed by atoms with van der Waals surface area (Å²) in [5.74, 6) is 2.05. The first-order valence-corrected chi connectivity index (χ1v) is 10.4. The number of hydrogen-bond acceptors (Lipinski definition) is 5. The molecule has 1 atom stereocenters. The van der Waals surface area contributed by atoms with Crippen LogP contribution in [0.3, 0.4) is 0 Å². The average molecular weight is 407 g/mol. The molecule has 1 aliphatic rings. The number of hydrogen-bond donors (Lipinski definition) is 0. The molecule has 0 spiro atoms. The second-order valence-corrected chi connectivity index (χ2v) is 8.11. The highest BCUT2D eigenvalue weighted by molar-refractivity contribution is 5.84. The molecule has 0 N–H and O–H groups in total. The lowest BCUT2D eigenvalue weighted by molar-refractivity contribution is 0.152. The van der Waals surface area contributed by atoms with Crippen LogP contribution in [-0.4, -0.2) is 50.9 Å². The van der Waals surface area contributed by atoms with Crippen molar-refractivity contribution in [3.05, 3.63) is 53.6 Å². The van der Waals surface area contributed by atoms with Gasteiger partial charge in [0.25, 0.3) is 0 Å². The van der Waals surface area contributed by atoms with E-state index in [-0.39, 0.29) is 0 Å². The topological polar surface area (TPSA) is 43.8 Å². The number of ether oxygens (including phenoxy) is 3. The normalized spacial score (nSPS) is 16.9. The van der Waals surface area contributed by atoms with Gasteiger partial charge < -0.3 is 14.2 Å². The van der Waals surface area contributed by atoms with E-state index in [1.165, 1.54) is 22.9 Å². The summed E-state index contributed by atoms with van der Waals surface area (Å²) in [6.45, 7) is 5.96. The van der Waals surface area contributed by atoms with Crippen LogP contribution in [0.4, 0.5) is 0 Å². The Morgan fingerprint density at radius 1 is 1.00 bits per heavy atom. The molecule has 1 aliphatic heterocycles. The van der Waals surface area contributed by atoms with Crippen LogP contribution < -0.4 is 9.47 Å². The summed E-state index contributed by atoms with van der Waals surface area (Å²) in [5, 5.41) is 1.17. The van der Waals surface area contributed by atoms with Gasteiger partial charge in [-0.05, 0) is 67.3 Å². The molecule has 0 radical (unpaired) electrons. The average Bonchev–Trinajstić information content (AvgIpc) is 3.20. The Morgan fingerprint density at radius 3 is 2.60 bits per heavy atom. The fraction of sp³-hybridized carbons (Fsp3) is 0.400. The molecule has 158 valence electrons. The Bertz CT molecular complexity index is 1030. The molecule has 0 aliphatic carbocycles. The molecule has 2 aromatic carbocycles. The quantitative estimate of drug-likeness (QED) is 0.569. The van der Waals surface area contributed by atoms with E-state index >= 15 is 0 Å². The first-order chi connectivity index (χ1) is 14.6. The lowest BCUT2D eigenvalue weighted by Crippen LogP contribution is -2.22. The van der Waals surface area contributed by atoms with E-state index in [9.17, 15) is 0 Å². The number of nitrogens with zero attached hydrogens (tertiary/aromatic N) is 2. The summed E-state index contributed by atoms with van der Waals surface area (Å²) in [4.78, 5) is 7.59. The first-order valence-electron chi connectivity index (χ1n) is 10.4. The van der Waals surface area contributed by atoms with Crippen molar-refractivity contribution in [1.82, 2.24) is 9.88 Å². The van der Waals surface area contributed by atoms with Crippen LogP contribution in [-0.2, 0) is 11.3 Å². The lowest BCUT2D eigenvalue weighted by atomic mass is 10.0. The van der Waals surface area contributed by atoms with E-state index in [4.69, 9.17) is 19.2 Å². The highest BCUT2D eigenvalue weighted by atomic mass is 16.5. The van der Waals surface area contributed by atoms with Crippen LogP contribution in [0.5, 0.6) is 11.5 Å². The van der Waals surface area contributed by atoms with Gasteiger partial charge in [-0.15, -0.1) is 0 Å². The molecule has 0 saturated carbocycles. The molecule has 5 nitrogen and oxygen atoms in total. The van der Waals surface area contributed by atoms with E-state index in [1.54, 1.807) is 21.3 Å². The zero-order valence-corrected chi connectivity index (χ0v) is 18.3. The van der Waals surface area contributed by atoms with Crippen molar-refractivity contribution in [2.75, 3.05) is 41.0 Å². The van der Waals surface area contributed by atoms with Crippen LogP contribution in [0.2, 0.25) is 0 Å². The van der Waals surface area contributed by atoms with Crippen molar-refractivity contribution in [1.29, 1.82) is 0 Å². The number of aryl methyl sites for hydroxylation is 1. The third-order valence-electron chi connectivity index (χ3n) is 5.88. The molecular formula is C25H30N2O3. The number of methoxy groups -OCH3 is 3.